The van der Waals surface area contributed by atoms with Crippen molar-refractivity contribution in [2.24, 2.45) is 0 Å². The van der Waals surface area contributed by atoms with E-state index >= 15 is 0 Å². The highest BCUT2D eigenvalue weighted by Crippen LogP contribution is 2.32. The van der Waals surface area contributed by atoms with Crippen LogP contribution in [0.3, 0.4) is 0 Å². The standard InChI is InChI=1S/C26H31N3O4S/c1-6-29-17(4)23(25(31)33-16(2)3)24(28-26(29)34)19-9-11-20(12-10-19)27-22(30)15-18-7-13-21(32-5)14-8-18/h7-14,16,24H,6,15H2,1-5H3,(H,27,30)(H,28,34). The molecule has 8 heteroatoms. The fraction of sp³-hybridized carbons (Fsp3) is 0.346. The maximum absolute atomic E-state index is 12.9. The van der Waals surface area contributed by atoms with Crippen LogP contribution in [-0.4, -0.2) is 41.6 Å². The smallest absolute Gasteiger partial charge is 0.338 e. The number of benzene rings is 2. The summed E-state index contributed by atoms with van der Waals surface area (Å²) in [7, 11) is 1.61. The first-order valence-electron chi connectivity index (χ1n) is 11.3. The van der Waals surface area contributed by atoms with Gasteiger partial charge in [0.2, 0.25) is 5.91 Å². The number of anilines is 1. The fourth-order valence-electron chi connectivity index (χ4n) is 3.85. The van der Waals surface area contributed by atoms with Crippen molar-refractivity contribution < 1.29 is 19.1 Å². The second-order valence-corrected chi connectivity index (χ2v) is 8.66. The molecule has 0 saturated carbocycles. The van der Waals surface area contributed by atoms with Crippen molar-refractivity contribution >= 4 is 34.9 Å². The average molecular weight is 482 g/mol. The number of hydrogen-bond acceptors (Lipinski definition) is 5. The Morgan fingerprint density at radius 3 is 2.32 bits per heavy atom. The third-order valence-electron chi connectivity index (χ3n) is 5.53. The van der Waals surface area contributed by atoms with E-state index < -0.39 is 6.04 Å². The number of esters is 1. The summed E-state index contributed by atoms with van der Waals surface area (Å²) in [5.74, 6) is 0.256. The molecule has 3 rings (SSSR count). The van der Waals surface area contributed by atoms with Crippen LogP contribution in [-0.2, 0) is 20.7 Å². The molecular weight excluding hydrogens is 450 g/mol. The molecule has 1 aliphatic rings. The van der Waals surface area contributed by atoms with Gasteiger partial charge < -0.3 is 25.0 Å². The van der Waals surface area contributed by atoms with E-state index in [0.29, 0.717) is 22.9 Å². The van der Waals surface area contributed by atoms with Gasteiger partial charge >= 0.3 is 5.97 Å². The Morgan fingerprint density at radius 2 is 1.76 bits per heavy atom. The highest BCUT2D eigenvalue weighted by atomic mass is 32.1. The summed E-state index contributed by atoms with van der Waals surface area (Å²) >= 11 is 5.53. The minimum Gasteiger partial charge on any atom is -0.497 e. The van der Waals surface area contributed by atoms with Crippen LogP contribution in [0.5, 0.6) is 5.75 Å². The van der Waals surface area contributed by atoms with Gasteiger partial charge in [-0.15, -0.1) is 0 Å². The molecule has 2 aromatic carbocycles. The Balaban J connectivity index is 1.77. The second-order valence-electron chi connectivity index (χ2n) is 8.27. The number of allylic oxidation sites excluding steroid dienone is 1. The lowest BCUT2D eigenvalue weighted by Gasteiger charge is -2.37. The summed E-state index contributed by atoms with van der Waals surface area (Å²) in [4.78, 5) is 27.3. The zero-order valence-corrected chi connectivity index (χ0v) is 21.0. The number of rotatable bonds is 8. The molecule has 0 radical (unpaired) electrons. The van der Waals surface area contributed by atoms with E-state index in [0.717, 1.165) is 22.6 Å². The first-order chi connectivity index (χ1) is 16.2. The van der Waals surface area contributed by atoms with Crippen LogP contribution in [0, 0.1) is 0 Å². The number of carbonyl (C=O) groups is 2. The van der Waals surface area contributed by atoms with Gasteiger partial charge in [-0.05, 0) is 75.3 Å². The molecule has 34 heavy (non-hydrogen) atoms. The van der Waals surface area contributed by atoms with E-state index in [1.54, 1.807) is 7.11 Å². The number of thiocarbonyl (C=S) groups is 1. The van der Waals surface area contributed by atoms with Gasteiger partial charge in [-0.2, -0.15) is 0 Å². The summed E-state index contributed by atoms with van der Waals surface area (Å²) in [6, 6.07) is 14.3. The molecule has 2 aromatic rings. The minimum atomic E-state index is -0.439. The first-order valence-corrected chi connectivity index (χ1v) is 11.7. The van der Waals surface area contributed by atoms with E-state index in [-0.39, 0.29) is 24.4 Å². The van der Waals surface area contributed by atoms with Crippen LogP contribution in [0.1, 0.15) is 44.9 Å². The van der Waals surface area contributed by atoms with Gasteiger partial charge in [0, 0.05) is 17.9 Å². The summed E-state index contributed by atoms with van der Waals surface area (Å²) in [6.45, 7) is 8.15. The van der Waals surface area contributed by atoms with Crippen molar-refractivity contribution in [2.75, 3.05) is 19.0 Å². The lowest BCUT2D eigenvalue weighted by molar-refractivity contribution is -0.143. The van der Waals surface area contributed by atoms with Gasteiger partial charge in [-0.3, -0.25) is 4.79 Å². The Bertz CT molecular complexity index is 1080. The van der Waals surface area contributed by atoms with Crippen LogP contribution in [0.25, 0.3) is 0 Å². The molecule has 0 bridgehead atoms. The van der Waals surface area contributed by atoms with Crippen LogP contribution in [0.4, 0.5) is 5.69 Å². The van der Waals surface area contributed by atoms with Gasteiger partial charge in [-0.1, -0.05) is 24.3 Å². The zero-order chi connectivity index (χ0) is 24.8. The molecule has 0 aliphatic carbocycles. The third-order valence-corrected chi connectivity index (χ3v) is 5.86. The van der Waals surface area contributed by atoms with Crippen molar-refractivity contribution in [1.29, 1.82) is 0 Å². The molecule has 1 heterocycles. The SMILES string of the molecule is CCN1C(=S)NC(c2ccc(NC(=O)Cc3ccc(OC)cc3)cc2)C(C(=O)OC(C)C)=C1C. The lowest BCUT2D eigenvalue weighted by atomic mass is 9.94. The van der Waals surface area contributed by atoms with E-state index in [1.807, 2.05) is 81.1 Å². The third kappa shape index (κ3) is 5.94. The number of nitrogens with zero attached hydrogens (tertiary/aromatic N) is 1. The predicted molar refractivity (Wildman–Crippen MR) is 137 cm³/mol. The number of methoxy groups -OCH3 is 1. The normalized spacial score (nSPS) is 15.8. The quantitative estimate of drug-likeness (QED) is 0.429. The lowest BCUT2D eigenvalue weighted by Crippen LogP contribution is -2.47. The number of carbonyl (C=O) groups excluding carboxylic acids is 2. The molecule has 180 valence electrons. The van der Waals surface area contributed by atoms with Crippen molar-refractivity contribution in [1.82, 2.24) is 10.2 Å². The van der Waals surface area contributed by atoms with Gasteiger partial charge in [0.15, 0.2) is 5.11 Å². The van der Waals surface area contributed by atoms with E-state index in [9.17, 15) is 9.59 Å². The van der Waals surface area contributed by atoms with Crippen LogP contribution >= 0.6 is 12.2 Å². The van der Waals surface area contributed by atoms with Gasteiger partial charge in [0.05, 0.1) is 31.2 Å². The van der Waals surface area contributed by atoms with Gasteiger partial charge in [0.25, 0.3) is 0 Å². The molecule has 1 atom stereocenters. The van der Waals surface area contributed by atoms with E-state index in [1.165, 1.54) is 0 Å². The Morgan fingerprint density at radius 1 is 1.12 bits per heavy atom. The van der Waals surface area contributed by atoms with E-state index in [2.05, 4.69) is 10.6 Å². The molecule has 0 spiro atoms. The Labute approximate surface area is 206 Å². The number of hydrogen-bond donors (Lipinski definition) is 2. The number of ether oxygens (including phenoxy) is 2. The first kappa shape index (κ1) is 25.2. The highest BCUT2D eigenvalue weighted by molar-refractivity contribution is 7.80. The van der Waals surface area contributed by atoms with Crippen molar-refractivity contribution in [2.45, 2.75) is 46.3 Å². The van der Waals surface area contributed by atoms with Gasteiger partial charge in [0.1, 0.15) is 5.75 Å². The average Bonchev–Trinajstić information content (AvgIpc) is 2.79. The topological polar surface area (TPSA) is 79.9 Å². The molecule has 0 fully saturated rings. The van der Waals surface area contributed by atoms with Crippen molar-refractivity contribution in [3.05, 3.63) is 70.9 Å². The maximum Gasteiger partial charge on any atom is 0.338 e. The summed E-state index contributed by atoms with van der Waals surface area (Å²) in [5, 5.41) is 6.74. The molecule has 0 saturated heterocycles. The summed E-state index contributed by atoms with van der Waals surface area (Å²) in [6.07, 6.45) is 0.0187. The predicted octanol–water partition coefficient (Wildman–Crippen LogP) is 4.35. The van der Waals surface area contributed by atoms with Crippen LogP contribution < -0.4 is 15.4 Å². The molecular formula is C26H31N3O4S. The Kier molecular flexibility index (Phi) is 8.28. The number of amides is 1. The van der Waals surface area contributed by atoms with Crippen molar-refractivity contribution in [3.8, 4) is 5.75 Å². The summed E-state index contributed by atoms with van der Waals surface area (Å²) in [5.41, 5.74) is 3.72. The molecule has 1 unspecified atom stereocenters. The molecule has 1 amide bonds. The maximum atomic E-state index is 12.9. The highest BCUT2D eigenvalue weighted by Gasteiger charge is 2.34. The molecule has 7 nitrogen and oxygen atoms in total. The second kappa shape index (κ2) is 11.2. The Hall–Kier alpha value is -3.39. The summed E-state index contributed by atoms with van der Waals surface area (Å²) < 4.78 is 10.7. The largest absolute Gasteiger partial charge is 0.497 e. The fourth-order valence-corrected chi connectivity index (χ4v) is 4.23. The number of nitrogens with one attached hydrogen (secondary N) is 2. The van der Waals surface area contributed by atoms with Crippen LogP contribution in [0.2, 0.25) is 0 Å². The molecule has 0 aromatic heterocycles. The molecule has 2 N–H and O–H groups in total. The van der Waals surface area contributed by atoms with Gasteiger partial charge in [-0.25, -0.2) is 4.79 Å². The van der Waals surface area contributed by atoms with Crippen molar-refractivity contribution in [3.63, 3.8) is 0 Å². The van der Waals surface area contributed by atoms with Crippen LogP contribution in [0.15, 0.2) is 59.8 Å². The minimum absolute atomic E-state index is 0.120. The zero-order valence-electron chi connectivity index (χ0n) is 20.2. The van der Waals surface area contributed by atoms with E-state index in [4.69, 9.17) is 21.7 Å². The monoisotopic (exact) mass is 481 g/mol. The molecule has 1 aliphatic heterocycles.